The van der Waals surface area contributed by atoms with Crippen molar-refractivity contribution in [3.8, 4) is 0 Å². The van der Waals surface area contributed by atoms with Gasteiger partial charge in [-0.3, -0.25) is 4.90 Å². The molecule has 1 aliphatic rings. The van der Waals surface area contributed by atoms with Crippen LogP contribution in [-0.4, -0.2) is 34.7 Å². The minimum Gasteiger partial charge on any atom is -0.390 e. The summed E-state index contributed by atoms with van der Waals surface area (Å²) in [5, 5.41) is 9.31. The Kier molecular flexibility index (Phi) is 2.81. The Morgan fingerprint density at radius 2 is 1.87 bits per heavy atom. The molecule has 1 saturated heterocycles. The summed E-state index contributed by atoms with van der Waals surface area (Å²) < 4.78 is 0. The molecule has 1 heterocycles. The maximum absolute atomic E-state index is 9.31. The fourth-order valence-electron chi connectivity index (χ4n) is 2.16. The van der Waals surface area contributed by atoms with Crippen molar-refractivity contribution in [1.82, 2.24) is 4.90 Å². The molecule has 2 heteroatoms. The van der Waals surface area contributed by atoms with Crippen LogP contribution < -0.4 is 0 Å². The van der Waals surface area contributed by atoms with E-state index in [2.05, 4.69) is 43.0 Å². The average molecular weight is 205 g/mol. The second kappa shape index (κ2) is 3.95. The van der Waals surface area contributed by atoms with Crippen LogP contribution in [0.3, 0.4) is 0 Å². The first-order valence-electron chi connectivity index (χ1n) is 5.55. The van der Waals surface area contributed by atoms with Gasteiger partial charge in [-0.05, 0) is 25.8 Å². The first kappa shape index (κ1) is 10.7. The molecule has 1 aromatic rings. The van der Waals surface area contributed by atoms with Gasteiger partial charge < -0.3 is 5.11 Å². The summed E-state index contributed by atoms with van der Waals surface area (Å²) in [6, 6.07) is 10.5. The van der Waals surface area contributed by atoms with Gasteiger partial charge in [0.15, 0.2) is 0 Å². The van der Waals surface area contributed by atoms with Gasteiger partial charge >= 0.3 is 0 Å². The predicted molar refractivity (Wildman–Crippen MR) is 61.8 cm³/mol. The highest BCUT2D eigenvalue weighted by Crippen LogP contribution is 2.25. The van der Waals surface area contributed by atoms with Gasteiger partial charge in [-0.25, -0.2) is 0 Å². The van der Waals surface area contributed by atoms with Gasteiger partial charge in [-0.2, -0.15) is 0 Å². The fraction of sp³-hybridized carbons (Fsp3) is 0.538. The van der Waals surface area contributed by atoms with E-state index in [-0.39, 0.29) is 11.6 Å². The molecule has 0 amide bonds. The summed E-state index contributed by atoms with van der Waals surface area (Å²) in [7, 11) is 0. The Hall–Kier alpha value is -0.860. The first-order valence-corrected chi connectivity index (χ1v) is 5.55. The number of hydrogen-bond acceptors (Lipinski definition) is 2. The number of nitrogens with zero attached hydrogens (tertiary/aromatic N) is 1. The monoisotopic (exact) mass is 205 g/mol. The van der Waals surface area contributed by atoms with Crippen LogP contribution in [0.5, 0.6) is 0 Å². The van der Waals surface area contributed by atoms with E-state index >= 15 is 0 Å². The van der Waals surface area contributed by atoms with Crippen molar-refractivity contribution in [2.45, 2.75) is 31.9 Å². The molecule has 0 atom stereocenters. The van der Waals surface area contributed by atoms with Crippen LogP contribution in [0.2, 0.25) is 0 Å². The Labute approximate surface area is 91.5 Å². The lowest BCUT2D eigenvalue weighted by Crippen LogP contribution is -2.60. The maximum atomic E-state index is 9.31. The number of benzene rings is 1. The number of rotatable bonds is 3. The fourth-order valence-corrected chi connectivity index (χ4v) is 2.16. The molecule has 2 nitrogen and oxygen atoms in total. The third-order valence-electron chi connectivity index (χ3n) is 3.20. The molecule has 1 aromatic carbocycles. The highest BCUT2D eigenvalue weighted by molar-refractivity contribution is 5.17. The van der Waals surface area contributed by atoms with E-state index < -0.39 is 0 Å². The van der Waals surface area contributed by atoms with Crippen LogP contribution in [0.4, 0.5) is 0 Å². The van der Waals surface area contributed by atoms with E-state index in [1.807, 2.05) is 6.07 Å². The molecule has 0 radical (unpaired) electrons. The third-order valence-corrected chi connectivity index (χ3v) is 3.20. The van der Waals surface area contributed by atoms with E-state index in [1.165, 1.54) is 5.56 Å². The quantitative estimate of drug-likeness (QED) is 0.811. The lowest BCUT2D eigenvalue weighted by Gasteiger charge is -2.47. The smallest absolute Gasteiger partial charge is 0.0794 e. The molecular weight excluding hydrogens is 186 g/mol. The molecule has 0 aliphatic carbocycles. The number of aliphatic hydroxyl groups is 1. The second-order valence-corrected chi connectivity index (χ2v) is 5.03. The predicted octanol–water partition coefficient (Wildman–Crippen LogP) is 1.68. The standard InChI is InChI=1S/C13H19NO/c1-13(2,14-9-12(15)10-14)8-11-6-4-3-5-7-11/h3-7,12,15H,8-10H2,1-2H3. The highest BCUT2D eigenvalue weighted by Gasteiger charge is 2.36. The summed E-state index contributed by atoms with van der Waals surface area (Å²) in [4.78, 5) is 2.34. The van der Waals surface area contributed by atoms with Crippen molar-refractivity contribution < 1.29 is 5.11 Å². The van der Waals surface area contributed by atoms with E-state index in [9.17, 15) is 5.11 Å². The van der Waals surface area contributed by atoms with Crippen LogP contribution in [0.25, 0.3) is 0 Å². The molecule has 1 N–H and O–H groups in total. The van der Waals surface area contributed by atoms with Gasteiger partial charge in [0.05, 0.1) is 6.10 Å². The Bertz CT molecular complexity index is 315. The highest BCUT2D eigenvalue weighted by atomic mass is 16.3. The molecule has 0 aromatic heterocycles. The molecule has 2 rings (SSSR count). The molecule has 0 bridgehead atoms. The number of hydrogen-bond donors (Lipinski definition) is 1. The van der Waals surface area contributed by atoms with Crippen LogP contribution in [-0.2, 0) is 6.42 Å². The van der Waals surface area contributed by atoms with Gasteiger partial charge in [0.2, 0.25) is 0 Å². The van der Waals surface area contributed by atoms with E-state index in [1.54, 1.807) is 0 Å². The molecule has 1 aliphatic heterocycles. The van der Waals surface area contributed by atoms with Gasteiger partial charge in [-0.15, -0.1) is 0 Å². The van der Waals surface area contributed by atoms with Crippen molar-refractivity contribution in [3.05, 3.63) is 35.9 Å². The Morgan fingerprint density at radius 1 is 1.27 bits per heavy atom. The van der Waals surface area contributed by atoms with E-state index in [0.29, 0.717) is 0 Å². The molecule has 0 unspecified atom stereocenters. The van der Waals surface area contributed by atoms with Crippen LogP contribution >= 0.6 is 0 Å². The Balaban J connectivity index is 1.99. The largest absolute Gasteiger partial charge is 0.390 e. The van der Waals surface area contributed by atoms with Crippen molar-refractivity contribution in [3.63, 3.8) is 0 Å². The summed E-state index contributed by atoms with van der Waals surface area (Å²) in [6.07, 6.45) is 0.931. The van der Waals surface area contributed by atoms with Gasteiger partial charge in [0.1, 0.15) is 0 Å². The zero-order chi connectivity index (χ0) is 10.9. The second-order valence-electron chi connectivity index (χ2n) is 5.03. The van der Waals surface area contributed by atoms with Crippen LogP contribution in [0.1, 0.15) is 19.4 Å². The van der Waals surface area contributed by atoms with Crippen LogP contribution in [0, 0.1) is 0 Å². The molecule has 1 fully saturated rings. The SMILES string of the molecule is CC(C)(Cc1ccccc1)N1CC(O)C1. The number of likely N-dealkylation sites (tertiary alicyclic amines) is 1. The summed E-state index contributed by atoms with van der Waals surface area (Å²) in [6.45, 7) is 6.12. The maximum Gasteiger partial charge on any atom is 0.0794 e. The molecular formula is C13H19NO. The topological polar surface area (TPSA) is 23.5 Å². The van der Waals surface area contributed by atoms with Crippen LogP contribution in [0.15, 0.2) is 30.3 Å². The van der Waals surface area contributed by atoms with Crippen molar-refractivity contribution in [2.24, 2.45) is 0 Å². The van der Waals surface area contributed by atoms with Crippen molar-refractivity contribution in [1.29, 1.82) is 0 Å². The summed E-state index contributed by atoms with van der Waals surface area (Å²) >= 11 is 0. The van der Waals surface area contributed by atoms with Crippen molar-refractivity contribution in [2.75, 3.05) is 13.1 Å². The Morgan fingerprint density at radius 3 is 2.40 bits per heavy atom. The molecule has 0 saturated carbocycles. The zero-order valence-corrected chi connectivity index (χ0v) is 9.48. The minimum atomic E-state index is -0.111. The lowest BCUT2D eigenvalue weighted by atomic mass is 9.89. The van der Waals surface area contributed by atoms with E-state index in [4.69, 9.17) is 0 Å². The van der Waals surface area contributed by atoms with Gasteiger partial charge in [-0.1, -0.05) is 30.3 Å². The van der Waals surface area contributed by atoms with E-state index in [0.717, 1.165) is 19.5 Å². The lowest BCUT2D eigenvalue weighted by molar-refractivity contribution is -0.0548. The number of aliphatic hydroxyl groups excluding tert-OH is 1. The normalized spacial score (nSPS) is 18.9. The van der Waals surface area contributed by atoms with Crippen molar-refractivity contribution >= 4 is 0 Å². The summed E-state index contributed by atoms with van der Waals surface area (Å²) in [5.74, 6) is 0. The third kappa shape index (κ3) is 2.39. The first-order chi connectivity index (χ1) is 7.08. The molecule has 15 heavy (non-hydrogen) atoms. The summed E-state index contributed by atoms with van der Waals surface area (Å²) in [5.41, 5.74) is 1.52. The van der Waals surface area contributed by atoms with Gasteiger partial charge in [0.25, 0.3) is 0 Å². The average Bonchev–Trinajstić information content (AvgIpc) is 2.14. The minimum absolute atomic E-state index is 0.111. The molecule has 0 spiro atoms. The zero-order valence-electron chi connectivity index (χ0n) is 9.48. The van der Waals surface area contributed by atoms with Gasteiger partial charge in [0, 0.05) is 18.6 Å². The molecule has 82 valence electrons. The number of β-amino-alcohol motifs (C(OH)–C–C–N with tert-alkyl or cyclic N) is 1.